The first-order valence-electron chi connectivity index (χ1n) is 20.2. The Morgan fingerprint density at radius 1 is 1.09 bits per heavy atom. The highest BCUT2D eigenvalue weighted by atomic mass is 16.5. The summed E-state index contributed by atoms with van der Waals surface area (Å²) in [6.45, 7) is 8.56. The fourth-order valence-corrected chi connectivity index (χ4v) is 12.9. The average molecular weight is 758 g/mol. The first-order chi connectivity index (χ1) is 26.3. The summed E-state index contributed by atoms with van der Waals surface area (Å²) in [5.74, 6) is -2.07. The minimum atomic E-state index is -2.29. The summed E-state index contributed by atoms with van der Waals surface area (Å²) in [6.07, 6.45) is 9.40. The maximum absolute atomic E-state index is 15.2. The van der Waals surface area contributed by atoms with Gasteiger partial charge in [0, 0.05) is 72.3 Å². The second kappa shape index (κ2) is 13.3. The number of aromatic nitrogens is 1. The second-order valence-electron chi connectivity index (χ2n) is 17.3. The summed E-state index contributed by atoms with van der Waals surface area (Å²) in [5.41, 5.74) is 4.29. The van der Waals surface area contributed by atoms with Crippen LogP contribution in [0.3, 0.4) is 0 Å². The van der Waals surface area contributed by atoms with E-state index in [-0.39, 0.29) is 12.0 Å². The van der Waals surface area contributed by atoms with Gasteiger partial charge in [0.25, 0.3) is 5.91 Å². The molecule has 4 aliphatic heterocycles. The largest absolute Gasteiger partial charge is 0.468 e. The molecule has 1 saturated carbocycles. The third-order valence-corrected chi connectivity index (χ3v) is 15.2. The number of esters is 1. The van der Waals surface area contributed by atoms with Crippen LogP contribution in [0.25, 0.3) is 10.9 Å². The molecule has 298 valence electrons. The van der Waals surface area contributed by atoms with E-state index in [0.717, 1.165) is 33.4 Å². The summed E-state index contributed by atoms with van der Waals surface area (Å²) in [6, 6.07) is 6.97. The number of nitrogens with one attached hydrogen (secondary N) is 2. The van der Waals surface area contributed by atoms with Gasteiger partial charge in [0.1, 0.15) is 11.5 Å². The predicted molar refractivity (Wildman–Crippen MR) is 209 cm³/mol. The SMILES string of the molecule is CCc1c([C@@](C[C@@H]2CNC[C@](O)(CC)C2)(C(=O)OC)C2C=C3C(=CC2OC)N(C)[C@H]2C(O)(C(N)=O)[C@H](O)[C@]4(CC)C=CCN5CC[C@]32[C@@H]54)[nH]c2ccccc12. The van der Waals surface area contributed by atoms with Crippen molar-refractivity contribution in [3.63, 3.8) is 0 Å². The zero-order chi connectivity index (χ0) is 39.3. The number of piperidine rings is 1. The maximum atomic E-state index is 15.2. The number of likely N-dealkylation sites (N-methyl/N-ethyl adjacent to an activating group) is 1. The van der Waals surface area contributed by atoms with Crippen LogP contribution in [0.1, 0.15) is 64.1 Å². The molecule has 8 rings (SSSR count). The highest BCUT2D eigenvalue weighted by Gasteiger charge is 2.79. The molecule has 1 spiro atoms. The Kier molecular flexibility index (Phi) is 9.26. The number of aliphatic hydroxyl groups is 3. The molecule has 6 aliphatic rings. The van der Waals surface area contributed by atoms with Gasteiger partial charge in [-0.2, -0.15) is 0 Å². The number of aliphatic hydroxyl groups excluding tert-OH is 1. The number of likely N-dealkylation sites (tertiary alicyclic amines) is 1. The van der Waals surface area contributed by atoms with E-state index in [1.54, 1.807) is 7.11 Å². The fraction of sp³-hybridized carbons (Fsp3) is 0.628. The van der Waals surface area contributed by atoms with Gasteiger partial charge in [-0.1, -0.05) is 57.2 Å². The van der Waals surface area contributed by atoms with Crippen molar-refractivity contribution in [2.24, 2.45) is 28.4 Å². The topological polar surface area (TPSA) is 174 Å². The third-order valence-electron chi connectivity index (χ3n) is 15.2. The quantitative estimate of drug-likeness (QED) is 0.156. The van der Waals surface area contributed by atoms with Gasteiger partial charge in [-0.3, -0.25) is 14.5 Å². The molecule has 12 nitrogen and oxygen atoms in total. The van der Waals surface area contributed by atoms with E-state index in [4.69, 9.17) is 15.2 Å². The number of hydrogen-bond donors (Lipinski definition) is 6. The smallest absolute Gasteiger partial charge is 0.318 e. The Bertz CT molecular complexity index is 1980. The molecule has 3 saturated heterocycles. The average Bonchev–Trinajstić information content (AvgIpc) is 3.85. The number of carbonyl (C=O) groups is 2. The number of methoxy groups -OCH3 is 2. The number of ether oxygens (including phenoxy) is 2. The maximum Gasteiger partial charge on any atom is 0.318 e. The first-order valence-corrected chi connectivity index (χ1v) is 20.2. The molecule has 5 heterocycles. The lowest BCUT2D eigenvalue weighted by Crippen LogP contribution is -2.79. The number of benzene rings is 1. The van der Waals surface area contributed by atoms with Crippen molar-refractivity contribution in [2.75, 3.05) is 47.4 Å². The molecule has 0 radical (unpaired) electrons. The van der Waals surface area contributed by atoms with Crippen molar-refractivity contribution >= 4 is 22.8 Å². The number of nitrogens with zero attached hydrogens (tertiary/aromatic N) is 2. The summed E-state index contributed by atoms with van der Waals surface area (Å²) < 4.78 is 12.3. The summed E-state index contributed by atoms with van der Waals surface area (Å²) in [7, 11) is 4.96. The predicted octanol–water partition coefficient (Wildman–Crippen LogP) is 2.67. The van der Waals surface area contributed by atoms with Crippen molar-refractivity contribution in [3.05, 3.63) is 71.1 Å². The van der Waals surface area contributed by atoms with Crippen LogP contribution < -0.4 is 11.1 Å². The van der Waals surface area contributed by atoms with Crippen molar-refractivity contribution in [1.82, 2.24) is 20.1 Å². The van der Waals surface area contributed by atoms with Crippen LogP contribution in [-0.4, -0.2) is 125 Å². The number of nitrogens with two attached hydrogens (primary N) is 1. The number of amides is 1. The molecule has 12 heteroatoms. The van der Waals surface area contributed by atoms with E-state index in [0.29, 0.717) is 64.7 Å². The minimum Gasteiger partial charge on any atom is -0.468 e. The van der Waals surface area contributed by atoms with Gasteiger partial charge in [0.15, 0.2) is 5.60 Å². The van der Waals surface area contributed by atoms with Gasteiger partial charge in [-0.05, 0) is 80.8 Å². The zero-order valence-electron chi connectivity index (χ0n) is 33.1. The fourth-order valence-electron chi connectivity index (χ4n) is 12.9. The number of allylic oxidation sites excluding steroid dienone is 1. The monoisotopic (exact) mass is 757 g/mol. The van der Waals surface area contributed by atoms with Gasteiger partial charge in [-0.15, -0.1) is 0 Å². The number of hydrogen-bond acceptors (Lipinski definition) is 10. The number of aryl methyl sites for hydroxylation is 1. The van der Waals surface area contributed by atoms with Crippen molar-refractivity contribution in [1.29, 1.82) is 0 Å². The Morgan fingerprint density at radius 2 is 1.85 bits per heavy atom. The lowest BCUT2D eigenvalue weighted by molar-refractivity contribution is -0.220. The summed E-state index contributed by atoms with van der Waals surface area (Å²) >= 11 is 0. The van der Waals surface area contributed by atoms with Crippen LogP contribution >= 0.6 is 0 Å². The Balaban J connectivity index is 1.42. The number of rotatable bonds is 10. The van der Waals surface area contributed by atoms with Crippen LogP contribution in [0.15, 0.2) is 59.8 Å². The third kappa shape index (κ3) is 4.91. The van der Waals surface area contributed by atoms with Crippen molar-refractivity contribution in [2.45, 2.75) is 100 Å². The zero-order valence-corrected chi connectivity index (χ0v) is 33.1. The van der Waals surface area contributed by atoms with Gasteiger partial charge < -0.3 is 45.7 Å². The number of fused-ring (bicyclic) bond motifs is 2. The van der Waals surface area contributed by atoms with E-state index < -0.39 is 63.5 Å². The molecule has 4 fully saturated rings. The molecule has 7 N–H and O–H groups in total. The number of primary amides is 1. The molecule has 11 atom stereocenters. The number of H-pyrrole nitrogens is 1. The van der Waals surface area contributed by atoms with E-state index >= 15 is 4.79 Å². The van der Waals surface area contributed by atoms with Crippen LogP contribution in [-0.2, 0) is 30.9 Å². The Labute approximate surface area is 323 Å². The van der Waals surface area contributed by atoms with E-state index in [1.165, 1.54) is 7.11 Å². The van der Waals surface area contributed by atoms with E-state index in [1.807, 2.05) is 62.2 Å². The van der Waals surface area contributed by atoms with Crippen LogP contribution in [0.4, 0.5) is 0 Å². The molecule has 3 unspecified atom stereocenters. The molecular formula is C43H59N5O7. The van der Waals surface area contributed by atoms with Crippen LogP contribution in [0.5, 0.6) is 0 Å². The number of β-amino-alcohol motifs (C(OH)–C–C–N with tert-alkyl or cyclic N) is 1. The highest BCUT2D eigenvalue weighted by molar-refractivity contribution is 5.91. The summed E-state index contributed by atoms with van der Waals surface area (Å²) in [4.78, 5) is 37.0. The molecule has 0 bridgehead atoms. The first kappa shape index (κ1) is 38.4. The number of aromatic amines is 1. The van der Waals surface area contributed by atoms with Gasteiger partial charge >= 0.3 is 5.97 Å². The molecule has 2 aliphatic carbocycles. The lowest BCUT2D eigenvalue weighted by atomic mass is 9.47. The number of para-hydroxylation sites is 1. The Morgan fingerprint density at radius 3 is 2.53 bits per heavy atom. The number of carbonyl (C=O) groups excluding carboxylic acids is 2. The molecule has 55 heavy (non-hydrogen) atoms. The van der Waals surface area contributed by atoms with Crippen LogP contribution in [0.2, 0.25) is 0 Å². The standard InChI is InChI=1S/C43H59N5O7/c1-7-26-27-13-10-11-14-30(27)46-33(26)42(38(51)55-6,22-25-21-39(52,8-2)24-45-23-25)29-19-28-31(20-32(29)54-5)47(4)35-41(28)16-18-48-17-12-15-40(9-3,34(41)48)36(49)43(35,53)37(44)50/h10-15,19-20,25,29,32,34-36,45-46,49,52-53H,7-9,16-18,21-24H2,1-6H3,(H2,44,50)/t25-,29?,32?,34+,35-,36-,39+,40-,41-,42+,43?/m1/s1. The molecular weight excluding hydrogens is 699 g/mol. The molecule has 2 aromatic rings. The Hall–Kier alpha value is -3.52. The second-order valence-corrected chi connectivity index (χ2v) is 17.3. The van der Waals surface area contributed by atoms with E-state index in [9.17, 15) is 20.1 Å². The van der Waals surface area contributed by atoms with E-state index in [2.05, 4.69) is 34.3 Å². The molecule has 1 aromatic carbocycles. The van der Waals surface area contributed by atoms with Gasteiger partial charge in [0.2, 0.25) is 0 Å². The van der Waals surface area contributed by atoms with Crippen molar-refractivity contribution in [3.8, 4) is 0 Å². The lowest BCUT2D eigenvalue weighted by Gasteiger charge is -2.63. The van der Waals surface area contributed by atoms with Crippen LogP contribution in [0, 0.1) is 22.7 Å². The normalized spacial score (nSPS) is 39.2. The van der Waals surface area contributed by atoms with Gasteiger partial charge in [-0.25, -0.2) is 0 Å². The molecule has 1 aromatic heterocycles. The molecule has 1 amide bonds. The van der Waals surface area contributed by atoms with Crippen molar-refractivity contribution < 1.29 is 34.4 Å². The highest BCUT2D eigenvalue weighted by Crippen LogP contribution is 2.69. The summed E-state index contributed by atoms with van der Waals surface area (Å²) in [5, 5.41) is 41.2. The minimum absolute atomic E-state index is 0.102. The van der Waals surface area contributed by atoms with Gasteiger partial charge in [0.05, 0.1) is 24.9 Å².